The summed E-state index contributed by atoms with van der Waals surface area (Å²) in [4.78, 5) is 15.8. The Labute approximate surface area is 130 Å². The summed E-state index contributed by atoms with van der Waals surface area (Å²) in [7, 11) is 0. The van der Waals surface area contributed by atoms with Crippen LogP contribution in [0.2, 0.25) is 0 Å². The number of aliphatic hydroxyl groups excluding tert-OH is 1. The predicted octanol–water partition coefficient (Wildman–Crippen LogP) is 2.90. The quantitative estimate of drug-likeness (QED) is 0.892. The summed E-state index contributed by atoms with van der Waals surface area (Å²) in [6, 6.07) is 5.24. The summed E-state index contributed by atoms with van der Waals surface area (Å²) in [5, 5.41) is 9.44. The van der Waals surface area contributed by atoms with Crippen LogP contribution in [0.4, 0.5) is 18.9 Å². The lowest BCUT2D eigenvalue weighted by Gasteiger charge is -2.30. The van der Waals surface area contributed by atoms with Gasteiger partial charge in [0.25, 0.3) is 0 Å². The van der Waals surface area contributed by atoms with Crippen LogP contribution in [-0.4, -0.2) is 28.8 Å². The minimum absolute atomic E-state index is 0.0367. The SMILES string of the molecule is C[C@H]1CC[C@H](CO)N1c1ccc2[nH]c(=O)cc(C(F)(F)F)c2c1. The van der Waals surface area contributed by atoms with Crippen molar-refractivity contribution in [2.75, 3.05) is 11.5 Å². The van der Waals surface area contributed by atoms with Gasteiger partial charge in [-0.05, 0) is 38.0 Å². The van der Waals surface area contributed by atoms with E-state index in [2.05, 4.69) is 4.98 Å². The molecule has 7 heteroatoms. The van der Waals surface area contributed by atoms with Crippen LogP contribution >= 0.6 is 0 Å². The van der Waals surface area contributed by atoms with Crippen molar-refractivity contribution >= 4 is 16.6 Å². The molecule has 1 aliphatic rings. The monoisotopic (exact) mass is 326 g/mol. The molecule has 0 amide bonds. The Bertz CT molecular complexity index is 785. The van der Waals surface area contributed by atoms with E-state index in [0.717, 1.165) is 12.8 Å². The van der Waals surface area contributed by atoms with Gasteiger partial charge < -0.3 is 15.0 Å². The fourth-order valence-electron chi connectivity index (χ4n) is 3.35. The molecule has 1 aliphatic heterocycles. The van der Waals surface area contributed by atoms with Crippen LogP contribution < -0.4 is 10.5 Å². The minimum Gasteiger partial charge on any atom is -0.394 e. The van der Waals surface area contributed by atoms with Crippen LogP contribution in [0.5, 0.6) is 0 Å². The van der Waals surface area contributed by atoms with Crippen molar-refractivity contribution in [2.45, 2.75) is 38.0 Å². The summed E-state index contributed by atoms with van der Waals surface area (Å²) in [5.41, 5.74) is -0.939. The van der Waals surface area contributed by atoms with Gasteiger partial charge in [0.1, 0.15) is 0 Å². The van der Waals surface area contributed by atoms with E-state index in [0.29, 0.717) is 11.8 Å². The van der Waals surface area contributed by atoms with Gasteiger partial charge >= 0.3 is 6.18 Å². The second-order valence-electron chi connectivity index (χ2n) is 5.94. The van der Waals surface area contributed by atoms with E-state index in [9.17, 15) is 23.1 Å². The van der Waals surface area contributed by atoms with E-state index >= 15 is 0 Å². The van der Waals surface area contributed by atoms with Gasteiger partial charge in [-0.25, -0.2) is 0 Å². The first-order valence-corrected chi connectivity index (χ1v) is 7.44. The second-order valence-corrected chi connectivity index (χ2v) is 5.94. The Balaban J connectivity index is 2.18. The van der Waals surface area contributed by atoms with E-state index in [-0.39, 0.29) is 29.6 Å². The van der Waals surface area contributed by atoms with Crippen LogP contribution in [-0.2, 0) is 6.18 Å². The van der Waals surface area contributed by atoms with Gasteiger partial charge in [0.05, 0.1) is 18.2 Å². The lowest BCUT2D eigenvalue weighted by molar-refractivity contribution is -0.136. The molecule has 4 nitrogen and oxygen atoms in total. The molecule has 1 aromatic heterocycles. The Morgan fingerprint density at radius 3 is 2.70 bits per heavy atom. The number of fused-ring (bicyclic) bond motifs is 1. The van der Waals surface area contributed by atoms with Gasteiger partial charge in [0.2, 0.25) is 5.56 Å². The third kappa shape index (κ3) is 2.81. The van der Waals surface area contributed by atoms with Gasteiger partial charge in [-0.1, -0.05) is 0 Å². The number of H-pyrrole nitrogens is 1. The number of aromatic nitrogens is 1. The molecular weight excluding hydrogens is 309 g/mol. The maximum Gasteiger partial charge on any atom is 0.417 e. The largest absolute Gasteiger partial charge is 0.417 e. The molecule has 2 N–H and O–H groups in total. The summed E-state index contributed by atoms with van der Waals surface area (Å²) in [6.07, 6.45) is -2.92. The zero-order valence-corrected chi connectivity index (χ0v) is 12.5. The van der Waals surface area contributed by atoms with E-state index in [1.165, 1.54) is 12.1 Å². The Hall–Kier alpha value is -2.02. The van der Waals surface area contributed by atoms with Crippen LogP contribution in [0.25, 0.3) is 10.9 Å². The second kappa shape index (κ2) is 5.56. The molecule has 124 valence electrons. The molecule has 1 aromatic carbocycles. The molecule has 3 rings (SSSR count). The number of pyridine rings is 1. The van der Waals surface area contributed by atoms with Crippen molar-refractivity contribution in [3.05, 3.63) is 40.2 Å². The molecule has 0 saturated carbocycles. The Morgan fingerprint density at radius 2 is 2.04 bits per heavy atom. The number of aromatic amines is 1. The third-order valence-corrected chi connectivity index (χ3v) is 4.43. The molecule has 23 heavy (non-hydrogen) atoms. The number of aliphatic hydroxyl groups is 1. The van der Waals surface area contributed by atoms with E-state index in [1.807, 2.05) is 11.8 Å². The maximum absolute atomic E-state index is 13.2. The topological polar surface area (TPSA) is 56.3 Å². The number of nitrogens with zero attached hydrogens (tertiary/aromatic N) is 1. The fraction of sp³-hybridized carbons (Fsp3) is 0.438. The van der Waals surface area contributed by atoms with Gasteiger partial charge in [-0.2, -0.15) is 13.2 Å². The van der Waals surface area contributed by atoms with Crippen molar-refractivity contribution in [1.29, 1.82) is 0 Å². The lowest BCUT2D eigenvalue weighted by Crippen LogP contribution is -2.36. The van der Waals surface area contributed by atoms with Crippen molar-refractivity contribution in [1.82, 2.24) is 4.98 Å². The smallest absolute Gasteiger partial charge is 0.394 e. The lowest BCUT2D eigenvalue weighted by atomic mass is 10.1. The van der Waals surface area contributed by atoms with E-state index < -0.39 is 17.3 Å². The van der Waals surface area contributed by atoms with Gasteiger partial charge in [-0.15, -0.1) is 0 Å². The highest BCUT2D eigenvalue weighted by Crippen LogP contribution is 2.37. The molecule has 1 saturated heterocycles. The fourth-order valence-corrected chi connectivity index (χ4v) is 3.35. The average molecular weight is 326 g/mol. The summed E-state index contributed by atoms with van der Waals surface area (Å²) < 4.78 is 39.7. The predicted molar refractivity (Wildman–Crippen MR) is 81.6 cm³/mol. The minimum atomic E-state index is -4.60. The standard InChI is InChI=1S/C16H17F3N2O2/c1-9-2-3-11(8-22)21(9)10-4-5-14-12(6-10)13(16(17,18)19)7-15(23)20-14/h4-7,9,11,22H,2-3,8H2,1H3,(H,20,23)/t9-,11+/m0/s1. The van der Waals surface area contributed by atoms with Crippen molar-refractivity contribution in [2.24, 2.45) is 0 Å². The zero-order chi connectivity index (χ0) is 16.8. The molecule has 0 unspecified atom stereocenters. The molecule has 2 heterocycles. The highest BCUT2D eigenvalue weighted by atomic mass is 19.4. The third-order valence-electron chi connectivity index (χ3n) is 4.43. The summed E-state index contributed by atoms with van der Waals surface area (Å²) in [6.45, 7) is 1.94. The van der Waals surface area contributed by atoms with E-state index in [4.69, 9.17) is 0 Å². The molecule has 0 aliphatic carbocycles. The molecule has 2 atom stereocenters. The molecule has 1 fully saturated rings. The molecular formula is C16H17F3N2O2. The van der Waals surface area contributed by atoms with Crippen LogP contribution in [0.1, 0.15) is 25.3 Å². The number of halogens is 3. The average Bonchev–Trinajstić information content (AvgIpc) is 2.86. The van der Waals surface area contributed by atoms with Crippen molar-refractivity contribution in [3.63, 3.8) is 0 Å². The molecule has 0 radical (unpaired) electrons. The first-order valence-electron chi connectivity index (χ1n) is 7.44. The highest BCUT2D eigenvalue weighted by molar-refractivity contribution is 5.86. The first-order chi connectivity index (χ1) is 10.8. The van der Waals surface area contributed by atoms with Crippen molar-refractivity contribution < 1.29 is 18.3 Å². The highest BCUT2D eigenvalue weighted by Gasteiger charge is 2.34. The summed E-state index contributed by atoms with van der Waals surface area (Å²) >= 11 is 0. The normalized spacial score (nSPS) is 22.0. The molecule has 0 spiro atoms. The number of alkyl halides is 3. The van der Waals surface area contributed by atoms with Gasteiger partial charge in [-0.3, -0.25) is 4.79 Å². The molecule has 0 bridgehead atoms. The number of rotatable bonds is 2. The number of hydrogen-bond donors (Lipinski definition) is 2. The first kappa shape index (κ1) is 15.9. The van der Waals surface area contributed by atoms with Crippen molar-refractivity contribution in [3.8, 4) is 0 Å². The zero-order valence-electron chi connectivity index (χ0n) is 12.5. The Morgan fingerprint density at radius 1 is 1.30 bits per heavy atom. The maximum atomic E-state index is 13.2. The number of hydrogen-bond acceptors (Lipinski definition) is 3. The van der Waals surface area contributed by atoms with Gasteiger partial charge in [0.15, 0.2) is 0 Å². The Kier molecular flexibility index (Phi) is 3.83. The number of benzene rings is 1. The van der Waals surface area contributed by atoms with Crippen LogP contribution in [0.15, 0.2) is 29.1 Å². The van der Waals surface area contributed by atoms with Gasteiger partial charge in [0, 0.05) is 28.7 Å². The van der Waals surface area contributed by atoms with Crippen LogP contribution in [0, 0.1) is 0 Å². The number of anilines is 1. The summed E-state index contributed by atoms with van der Waals surface area (Å²) in [5.74, 6) is 0. The van der Waals surface area contributed by atoms with Crippen LogP contribution in [0.3, 0.4) is 0 Å². The van der Waals surface area contributed by atoms with E-state index in [1.54, 1.807) is 6.07 Å². The number of nitrogens with one attached hydrogen (secondary N) is 1. The molecule has 2 aromatic rings.